The number of anilines is 1. The van der Waals surface area contributed by atoms with E-state index in [2.05, 4.69) is 10.9 Å². The number of ether oxygens (including phenoxy) is 1. The van der Waals surface area contributed by atoms with Crippen molar-refractivity contribution in [3.05, 3.63) is 62.4 Å². The van der Waals surface area contributed by atoms with Crippen LogP contribution in [0.3, 0.4) is 0 Å². The zero-order valence-corrected chi connectivity index (χ0v) is 17.4. The molecule has 4 rings (SSSR count). The standard InChI is InChI=1S/C21H16F2N4O4S/c1-2-5-26-19-15(23)11-14(22)12-18(19)32-21(26)24-20(28)13-3-4-16(17(10-13)27(29)30)25-6-8-31-9-7-25/h1,3-4,10-12H,5-9H2. The van der Waals surface area contributed by atoms with Crippen molar-refractivity contribution in [1.82, 2.24) is 4.57 Å². The molecule has 11 heteroatoms. The Kier molecular flexibility index (Phi) is 5.98. The predicted molar refractivity (Wildman–Crippen MR) is 115 cm³/mol. The molecule has 0 atom stereocenters. The molecule has 1 aliphatic rings. The van der Waals surface area contributed by atoms with Crippen molar-refractivity contribution in [2.45, 2.75) is 6.54 Å². The Morgan fingerprint density at radius 2 is 2.03 bits per heavy atom. The van der Waals surface area contributed by atoms with Gasteiger partial charge in [0.25, 0.3) is 11.6 Å². The van der Waals surface area contributed by atoms with Gasteiger partial charge in [-0.15, -0.1) is 6.42 Å². The molecule has 0 spiro atoms. The molecule has 1 aromatic heterocycles. The molecule has 2 heterocycles. The van der Waals surface area contributed by atoms with Crippen LogP contribution >= 0.6 is 11.3 Å². The van der Waals surface area contributed by atoms with Crippen LogP contribution in [0, 0.1) is 34.1 Å². The van der Waals surface area contributed by atoms with Gasteiger partial charge in [0.05, 0.1) is 34.9 Å². The van der Waals surface area contributed by atoms with E-state index in [4.69, 9.17) is 11.2 Å². The second kappa shape index (κ2) is 8.86. The number of fused-ring (bicyclic) bond motifs is 1. The topological polar surface area (TPSA) is 90.0 Å². The molecular weight excluding hydrogens is 442 g/mol. The summed E-state index contributed by atoms with van der Waals surface area (Å²) >= 11 is 0.895. The first-order valence-electron chi connectivity index (χ1n) is 9.51. The van der Waals surface area contributed by atoms with E-state index in [1.807, 2.05) is 4.90 Å². The van der Waals surface area contributed by atoms with E-state index in [1.54, 1.807) is 0 Å². The number of aromatic nitrogens is 1. The van der Waals surface area contributed by atoms with Crippen LogP contribution in [0.2, 0.25) is 0 Å². The molecule has 8 nitrogen and oxygen atoms in total. The minimum Gasteiger partial charge on any atom is -0.378 e. The molecule has 0 radical (unpaired) electrons. The van der Waals surface area contributed by atoms with Crippen molar-refractivity contribution in [3.8, 4) is 12.3 Å². The predicted octanol–water partition coefficient (Wildman–Crippen LogP) is 3.10. The van der Waals surface area contributed by atoms with Gasteiger partial charge in [0, 0.05) is 30.8 Å². The zero-order valence-electron chi connectivity index (χ0n) is 16.6. The van der Waals surface area contributed by atoms with E-state index in [1.165, 1.54) is 16.7 Å². The molecule has 0 bridgehead atoms. The minimum absolute atomic E-state index is 0.00919. The lowest BCUT2D eigenvalue weighted by Gasteiger charge is -2.28. The number of nitrogens with zero attached hydrogens (tertiary/aromatic N) is 4. The number of rotatable bonds is 4. The number of amides is 1. The molecule has 0 unspecified atom stereocenters. The van der Waals surface area contributed by atoms with Gasteiger partial charge in [-0.05, 0) is 18.2 Å². The second-order valence-corrected chi connectivity index (χ2v) is 7.90. The lowest BCUT2D eigenvalue weighted by atomic mass is 10.1. The van der Waals surface area contributed by atoms with Crippen LogP contribution in [-0.2, 0) is 11.3 Å². The fourth-order valence-corrected chi connectivity index (χ4v) is 4.55. The van der Waals surface area contributed by atoms with Crippen LogP contribution in [0.1, 0.15) is 10.4 Å². The summed E-state index contributed by atoms with van der Waals surface area (Å²) in [7, 11) is 0. The highest BCUT2D eigenvalue weighted by Gasteiger charge is 2.23. The van der Waals surface area contributed by atoms with Crippen molar-refractivity contribution in [1.29, 1.82) is 0 Å². The van der Waals surface area contributed by atoms with Crippen LogP contribution in [0.4, 0.5) is 20.2 Å². The highest BCUT2D eigenvalue weighted by molar-refractivity contribution is 7.16. The molecule has 3 aromatic rings. The van der Waals surface area contributed by atoms with Crippen molar-refractivity contribution >= 4 is 38.8 Å². The molecule has 1 amide bonds. The van der Waals surface area contributed by atoms with E-state index in [0.717, 1.165) is 29.5 Å². The quantitative estimate of drug-likeness (QED) is 0.341. The van der Waals surface area contributed by atoms with Gasteiger partial charge < -0.3 is 14.2 Å². The van der Waals surface area contributed by atoms with Crippen molar-refractivity contribution in [2.75, 3.05) is 31.2 Å². The van der Waals surface area contributed by atoms with E-state index in [0.29, 0.717) is 32.0 Å². The van der Waals surface area contributed by atoms with Gasteiger partial charge in [-0.3, -0.25) is 14.9 Å². The average Bonchev–Trinajstić information content (AvgIpc) is 3.11. The number of thiazole rings is 1. The number of terminal acetylenes is 1. The summed E-state index contributed by atoms with van der Waals surface area (Å²) in [5, 5.41) is 11.6. The first-order valence-corrected chi connectivity index (χ1v) is 10.3. The molecule has 1 fully saturated rings. The van der Waals surface area contributed by atoms with Gasteiger partial charge in [-0.1, -0.05) is 17.3 Å². The normalized spacial score (nSPS) is 14.5. The average molecular weight is 458 g/mol. The highest BCUT2D eigenvalue weighted by atomic mass is 32.1. The van der Waals surface area contributed by atoms with Gasteiger partial charge in [-0.25, -0.2) is 8.78 Å². The Morgan fingerprint density at radius 3 is 2.72 bits per heavy atom. The van der Waals surface area contributed by atoms with Gasteiger partial charge in [-0.2, -0.15) is 4.99 Å². The number of benzene rings is 2. The number of halogens is 2. The molecular formula is C21H16F2N4O4S. The van der Waals surface area contributed by atoms with Crippen LogP contribution in [-0.4, -0.2) is 41.7 Å². The maximum atomic E-state index is 14.3. The number of hydrogen-bond acceptors (Lipinski definition) is 6. The van der Waals surface area contributed by atoms with Gasteiger partial charge >= 0.3 is 0 Å². The Balaban J connectivity index is 1.78. The Hall–Kier alpha value is -3.62. The van der Waals surface area contributed by atoms with Crippen LogP contribution in [0.15, 0.2) is 35.3 Å². The number of carbonyl (C=O) groups excluding carboxylic acids is 1. The van der Waals surface area contributed by atoms with E-state index < -0.39 is 22.5 Å². The number of carbonyl (C=O) groups is 1. The van der Waals surface area contributed by atoms with Crippen LogP contribution in [0.25, 0.3) is 10.2 Å². The monoisotopic (exact) mass is 458 g/mol. The van der Waals surface area contributed by atoms with Crippen molar-refractivity contribution < 1.29 is 23.2 Å². The van der Waals surface area contributed by atoms with Crippen LogP contribution < -0.4 is 9.70 Å². The van der Waals surface area contributed by atoms with E-state index in [-0.39, 0.29) is 32.8 Å². The van der Waals surface area contributed by atoms with Crippen LogP contribution in [0.5, 0.6) is 0 Å². The fourth-order valence-electron chi connectivity index (χ4n) is 3.48. The summed E-state index contributed by atoms with van der Waals surface area (Å²) in [6.45, 7) is 1.80. The number of nitro groups is 1. The molecule has 1 saturated heterocycles. The number of hydrogen-bond donors (Lipinski definition) is 0. The van der Waals surface area contributed by atoms with E-state index >= 15 is 0 Å². The fraction of sp³-hybridized carbons (Fsp3) is 0.238. The summed E-state index contributed by atoms with van der Waals surface area (Å²) in [5.41, 5.74) is 0.185. The lowest BCUT2D eigenvalue weighted by Crippen LogP contribution is -2.36. The van der Waals surface area contributed by atoms with Gasteiger partial charge in [0.15, 0.2) is 10.6 Å². The highest BCUT2D eigenvalue weighted by Crippen LogP contribution is 2.30. The summed E-state index contributed by atoms with van der Waals surface area (Å²) < 4.78 is 34.7. The third-order valence-corrected chi connectivity index (χ3v) is 5.94. The Morgan fingerprint density at radius 1 is 1.28 bits per heavy atom. The summed E-state index contributed by atoms with van der Waals surface area (Å²) in [6, 6.07) is 5.96. The summed E-state index contributed by atoms with van der Waals surface area (Å²) in [4.78, 5) is 29.8. The Bertz CT molecular complexity index is 1340. The molecule has 0 N–H and O–H groups in total. The number of nitro benzene ring substituents is 1. The third-order valence-electron chi connectivity index (χ3n) is 4.91. The van der Waals surface area contributed by atoms with Gasteiger partial charge in [0.2, 0.25) is 0 Å². The molecule has 32 heavy (non-hydrogen) atoms. The number of morpholine rings is 1. The molecule has 1 aliphatic heterocycles. The van der Waals surface area contributed by atoms with Gasteiger partial charge in [0.1, 0.15) is 11.5 Å². The first kappa shape index (κ1) is 21.6. The zero-order chi connectivity index (χ0) is 22.8. The maximum Gasteiger partial charge on any atom is 0.293 e. The lowest BCUT2D eigenvalue weighted by molar-refractivity contribution is -0.384. The SMILES string of the molecule is C#CCn1c(=NC(=O)c2ccc(N3CCOCC3)c([N+](=O)[O-])c2)sc2cc(F)cc(F)c21. The molecule has 164 valence electrons. The molecule has 0 aliphatic carbocycles. The molecule has 2 aromatic carbocycles. The first-order chi connectivity index (χ1) is 15.4. The Labute approximate surface area is 184 Å². The van der Waals surface area contributed by atoms with E-state index in [9.17, 15) is 23.7 Å². The largest absolute Gasteiger partial charge is 0.378 e. The van der Waals surface area contributed by atoms with Crippen molar-refractivity contribution in [2.24, 2.45) is 4.99 Å². The second-order valence-electron chi connectivity index (χ2n) is 6.89. The smallest absolute Gasteiger partial charge is 0.293 e. The summed E-state index contributed by atoms with van der Waals surface area (Å²) in [5.74, 6) is -0.000981. The summed E-state index contributed by atoms with van der Waals surface area (Å²) in [6.07, 6.45) is 5.36. The molecule has 0 saturated carbocycles. The maximum absolute atomic E-state index is 14.3. The van der Waals surface area contributed by atoms with Crippen molar-refractivity contribution in [3.63, 3.8) is 0 Å². The third kappa shape index (κ3) is 4.10. The minimum atomic E-state index is -0.828.